The summed E-state index contributed by atoms with van der Waals surface area (Å²) in [4.78, 5) is 24.6. The minimum absolute atomic E-state index is 0.222. The van der Waals surface area contributed by atoms with Gasteiger partial charge in [-0.1, -0.05) is 11.6 Å². The maximum atomic E-state index is 12.3. The molecular weight excluding hydrogens is 326 g/mol. The number of nitrogens with one attached hydrogen (secondary N) is 1. The van der Waals surface area contributed by atoms with Gasteiger partial charge in [-0.15, -0.1) is 11.8 Å². The van der Waals surface area contributed by atoms with E-state index in [0.29, 0.717) is 23.0 Å². The standard InChI is InChI=1S/C15H16ClNO4S/c1-3-20-15(19)11-8-10(4-5-12(11)16)17-14(18)13-9(2)21-6-7-22-13/h4-5,8H,3,6-7H2,1-2H3,(H,17,18). The molecule has 0 fully saturated rings. The molecule has 1 aromatic carbocycles. The van der Waals surface area contributed by atoms with Crippen LogP contribution in [0.1, 0.15) is 24.2 Å². The van der Waals surface area contributed by atoms with Crippen LogP contribution in [0.25, 0.3) is 0 Å². The smallest absolute Gasteiger partial charge is 0.339 e. The van der Waals surface area contributed by atoms with Gasteiger partial charge >= 0.3 is 5.97 Å². The van der Waals surface area contributed by atoms with Crippen LogP contribution in [0.15, 0.2) is 28.9 Å². The molecule has 118 valence electrons. The highest BCUT2D eigenvalue weighted by Crippen LogP contribution is 2.27. The van der Waals surface area contributed by atoms with Crippen LogP contribution >= 0.6 is 23.4 Å². The fraction of sp³-hybridized carbons (Fsp3) is 0.333. The summed E-state index contributed by atoms with van der Waals surface area (Å²) < 4.78 is 10.3. The maximum absolute atomic E-state index is 12.3. The maximum Gasteiger partial charge on any atom is 0.339 e. The number of benzene rings is 1. The Labute approximate surface area is 138 Å². The van der Waals surface area contributed by atoms with Gasteiger partial charge in [-0.05, 0) is 32.0 Å². The summed E-state index contributed by atoms with van der Waals surface area (Å²) in [5.41, 5.74) is 0.698. The Kier molecular flexibility index (Phi) is 5.74. The minimum Gasteiger partial charge on any atom is -0.496 e. The van der Waals surface area contributed by atoms with Crippen molar-refractivity contribution >= 4 is 40.9 Å². The largest absolute Gasteiger partial charge is 0.496 e. The van der Waals surface area contributed by atoms with Gasteiger partial charge in [-0.25, -0.2) is 4.79 Å². The highest BCUT2D eigenvalue weighted by Gasteiger charge is 2.20. The van der Waals surface area contributed by atoms with E-state index >= 15 is 0 Å². The molecule has 0 aliphatic carbocycles. The van der Waals surface area contributed by atoms with Crippen molar-refractivity contribution in [2.24, 2.45) is 0 Å². The summed E-state index contributed by atoms with van der Waals surface area (Å²) in [6.07, 6.45) is 0. The second-order valence-electron chi connectivity index (χ2n) is 4.45. The van der Waals surface area contributed by atoms with Crippen LogP contribution in [0.4, 0.5) is 5.69 Å². The van der Waals surface area contributed by atoms with E-state index in [1.54, 1.807) is 26.0 Å². The molecule has 0 aromatic heterocycles. The van der Waals surface area contributed by atoms with E-state index in [1.807, 2.05) is 0 Å². The lowest BCUT2D eigenvalue weighted by Crippen LogP contribution is -2.18. The molecule has 0 atom stereocenters. The zero-order valence-corrected chi connectivity index (χ0v) is 13.8. The second-order valence-corrected chi connectivity index (χ2v) is 5.96. The number of esters is 1. The number of rotatable bonds is 4. The number of halogens is 1. The zero-order valence-electron chi connectivity index (χ0n) is 12.3. The van der Waals surface area contributed by atoms with Gasteiger partial charge in [0.25, 0.3) is 5.91 Å². The number of allylic oxidation sites excluding steroid dienone is 1. The van der Waals surface area contributed by atoms with E-state index in [1.165, 1.54) is 17.8 Å². The Morgan fingerprint density at radius 2 is 2.23 bits per heavy atom. The zero-order chi connectivity index (χ0) is 16.1. The van der Waals surface area contributed by atoms with Crippen molar-refractivity contribution in [1.29, 1.82) is 0 Å². The number of carbonyl (C=O) groups is 2. The number of hydrogen-bond acceptors (Lipinski definition) is 5. The number of amides is 1. The van der Waals surface area contributed by atoms with E-state index in [9.17, 15) is 9.59 Å². The molecule has 0 spiro atoms. The van der Waals surface area contributed by atoms with E-state index < -0.39 is 5.97 Å². The average molecular weight is 342 g/mol. The molecule has 1 amide bonds. The summed E-state index contributed by atoms with van der Waals surface area (Å²) in [7, 11) is 0. The molecule has 5 nitrogen and oxygen atoms in total. The fourth-order valence-electron chi connectivity index (χ4n) is 1.89. The molecule has 2 rings (SSSR count). The number of hydrogen-bond donors (Lipinski definition) is 1. The van der Waals surface area contributed by atoms with Crippen molar-refractivity contribution in [1.82, 2.24) is 0 Å². The van der Waals surface area contributed by atoms with Crippen LogP contribution in [-0.2, 0) is 14.3 Å². The molecule has 1 aliphatic heterocycles. The SMILES string of the molecule is CCOC(=O)c1cc(NC(=O)C2=C(C)OCCS2)ccc1Cl. The van der Waals surface area contributed by atoms with Gasteiger partial charge < -0.3 is 14.8 Å². The lowest BCUT2D eigenvalue weighted by molar-refractivity contribution is -0.112. The van der Waals surface area contributed by atoms with Gasteiger partial charge in [-0.2, -0.15) is 0 Å². The lowest BCUT2D eigenvalue weighted by atomic mass is 10.2. The molecule has 1 aliphatic rings. The Hall–Kier alpha value is -1.66. The monoisotopic (exact) mass is 341 g/mol. The Morgan fingerprint density at radius 1 is 1.45 bits per heavy atom. The van der Waals surface area contributed by atoms with Crippen LogP contribution in [0, 0.1) is 0 Å². The predicted octanol–water partition coefficient (Wildman–Crippen LogP) is 3.45. The highest BCUT2D eigenvalue weighted by atomic mass is 35.5. The third-order valence-corrected chi connectivity index (χ3v) is 4.36. The summed E-state index contributed by atoms with van der Waals surface area (Å²) in [5.74, 6) is 0.552. The van der Waals surface area contributed by atoms with Gasteiger partial charge in [0.05, 0.1) is 23.8 Å². The number of ether oxygens (including phenoxy) is 2. The van der Waals surface area contributed by atoms with Crippen molar-refractivity contribution in [2.45, 2.75) is 13.8 Å². The third-order valence-electron chi connectivity index (χ3n) is 2.89. The van der Waals surface area contributed by atoms with Crippen LogP contribution in [0.3, 0.4) is 0 Å². The first-order valence-corrected chi connectivity index (χ1v) is 8.13. The molecule has 0 radical (unpaired) electrons. The molecule has 0 unspecified atom stereocenters. The van der Waals surface area contributed by atoms with Gasteiger partial charge in [0.1, 0.15) is 10.7 Å². The van der Waals surface area contributed by atoms with Crippen molar-refractivity contribution in [3.63, 3.8) is 0 Å². The predicted molar refractivity (Wildman–Crippen MR) is 87.1 cm³/mol. The van der Waals surface area contributed by atoms with E-state index in [4.69, 9.17) is 21.1 Å². The normalized spacial score (nSPS) is 14.3. The van der Waals surface area contributed by atoms with Crippen molar-refractivity contribution in [3.8, 4) is 0 Å². The fourth-order valence-corrected chi connectivity index (χ4v) is 2.90. The first kappa shape index (κ1) is 16.7. The Balaban J connectivity index is 2.18. The molecule has 0 saturated heterocycles. The Morgan fingerprint density at radius 3 is 2.91 bits per heavy atom. The van der Waals surface area contributed by atoms with Crippen molar-refractivity contribution < 1.29 is 19.1 Å². The lowest BCUT2D eigenvalue weighted by Gasteiger charge is -2.18. The molecule has 1 heterocycles. The van der Waals surface area contributed by atoms with Gasteiger partial charge in [0, 0.05) is 11.4 Å². The van der Waals surface area contributed by atoms with Gasteiger partial charge in [-0.3, -0.25) is 4.79 Å². The molecule has 1 N–H and O–H groups in total. The van der Waals surface area contributed by atoms with Crippen LogP contribution in [-0.4, -0.2) is 30.8 Å². The van der Waals surface area contributed by atoms with Gasteiger partial charge in [0.2, 0.25) is 0 Å². The van der Waals surface area contributed by atoms with Crippen LogP contribution in [0.2, 0.25) is 5.02 Å². The van der Waals surface area contributed by atoms with Crippen LogP contribution in [0.5, 0.6) is 0 Å². The summed E-state index contributed by atoms with van der Waals surface area (Å²) in [6, 6.07) is 4.69. The number of carbonyl (C=O) groups excluding carboxylic acids is 2. The third kappa shape index (κ3) is 3.96. The van der Waals surface area contributed by atoms with E-state index in [-0.39, 0.29) is 23.1 Å². The topological polar surface area (TPSA) is 64.6 Å². The van der Waals surface area contributed by atoms with E-state index in [0.717, 1.165) is 5.75 Å². The highest BCUT2D eigenvalue weighted by molar-refractivity contribution is 8.04. The van der Waals surface area contributed by atoms with Crippen molar-refractivity contribution in [3.05, 3.63) is 39.4 Å². The Bertz CT molecular complexity index is 630. The van der Waals surface area contributed by atoms with E-state index in [2.05, 4.69) is 5.32 Å². The summed E-state index contributed by atoms with van der Waals surface area (Å²) >= 11 is 7.43. The summed E-state index contributed by atoms with van der Waals surface area (Å²) in [5, 5.41) is 3.02. The molecule has 22 heavy (non-hydrogen) atoms. The number of thioether (sulfide) groups is 1. The molecule has 0 saturated carbocycles. The summed E-state index contributed by atoms with van der Waals surface area (Å²) in [6.45, 7) is 4.33. The van der Waals surface area contributed by atoms with Gasteiger partial charge in [0.15, 0.2) is 0 Å². The molecular formula is C15H16ClNO4S. The van der Waals surface area contributed by atoms with Crippen LogP contribution < -0.4 is 5.32 Å². The molecule has 0 bridgehead atoms. The molecule has 1 aromatic rings. The number of anilines is 1. The quantitative estimate of drug-likeness (QED) is 0.850. The first-order valence-electron chi connectivity index (χ1n) is 6.77. The van der Waals surface area contributed by atoms with Crippen molar-refractivity contribution in [2.75, 3.05) is 24.3 Å². The second kappa shape index (κ2) is 7.56. The molecule has 7 heteroatoms. The minimum atomic E-state index is -0.519. The first-order chi connectivity index (χ1) is 10.5. The average Bonchev–Trinajstić information content (AvgIpc) is 2.49.